The minimum Gasteiger partial charge on any atom is -0.508 e. The van der Waals surface area contributed by atoms with E-state index in [1.165, 1.54) is 0 Å². The third-order valence-corrected chi connectivity index (χ3v) is 2.98. The Labute approximate surface area is 92.9 Å². The van der Waals surface area contributed by atoms with E-state index in [1.54, 1.807) is 18.2 Å². The van der Waals surface area contributed by atoms with Crippen molar-refractivity contribution in [2.75, 3.05) is 0 Å². The third kappa shape index (κ3) is 1.56. The van der Waals surface area contributed by atoms with Crippen molar-refractivity contribution in [3.8, 4) is 17.2 Å². The van der Waals surface area contributed by atoms with Crippen molar-refractivity contribution in [2.45, 2.75) is 19.3 Å². The van der Waals surface area contributed by atoms with Gasteiger partial charge in [0.1, 0.15) is 5.75 Å². The van der Waals surface area contributed by atoms with Gasteiger partial charge in [-0.3, -0.25) is 0 Å². The lowest BCUT2D eigenvalue weighted by molar-refractivity contribution is 0.421. The van der Waals surface area contributed by atoms with Gasteiger partial charge in [-0.2, -0.15) is 4.98 Å². The lowest BCUT2D eigenvalue weighted by atomic mass is 10.2. The van der Waals surface area contributed by atoms with Crippen molar-refractivity contribution in [2.24, 2.45) is 5.92 Å². The zero-order valence-corrected chi connectivity index (χ0v) is 8.92. The summed E-state index contributed by atoms with van der Waals surface area (Å²) >= 11 is 0. The van der Waals surface area contributed by atoms with Crippen LogP contribution in [0.25, 0.3) is 11.5 Å². The monoisotopic (exact) mass is 216 g/mol. The first-order valence-electron chi connectivity index (χ1n) is 5.37. The van der Waals surface area contributed by atoms with Crippen LogP contribution in [0.4, 0.5) is 0 Å². The number of phenolic OH excluding ortho intramolecular Hbond substituents is 1. The standard InChI is InChI=1S/C12H12N2O2/c1-7-5-10(7)11-13-12(16-14-11)8-3-2-4-9(15)6-8/h2-4,6-7,10,15H,5H2,1H3. The summed E-state index contributed by atoms with van der Waals surface area (Å²) < 4.78 is 5.18. The van der Waals surface area contributed by atoms with Crippen molar-refractivity contribution in [1.29, 1.82) is 0 Å². The first kappa shape index (κ1) is 9.39. The number of phenols is 1. The van der Waals surface area contributed by atoms with Crippen molar-refractivity contribution >= 4 is 0 Å². The van der Waals surface area contributed by atoms with E-state index in [1.807, 2.05) is 6.07 Å². The van der Waals surface area contributed by atoms with Crippen LogP contribution in [0.1, 0.15) is 25.1 Å². The van der Waals surface area contributed by atoms with Crippen LogP contribution in [-0.4, -0.2) is 15.2 Å². The molecule has 2 unspecified atom stereocenters. The molecule has 2 aromatic rings. The summed E-state index contributed by atoms with van der Waals surface area (Å²) in [5.41, 5.74) is 0.757. The second-order valence-electron chi connectivity index (χ2n) is 4.33. The van der Waals surface area contributed by atoms with Gasteiger partial charge in [0.15, 0.2) is 5.82 Å². The maximum atomic E-state index is 9.35. The Kier molecular flexibility index (Phi) is 1.96. The quantitative estimate of drug-likeness (QED) is 0.838. The number of rotatable bonds is 2. The molecule has 82 valence electrons. The maximum absolute atomic E-state index is 9.35. The predicted octanol–water partition coefficient (Wildman–Crippen LogP) is 2.57. The number of aromatic hydroxyl groups is 1. The fourth-order valence-corrected chi connectivity index (χ4v) is 1.82. The average molecular weight is 216 g/mol. The number of hydrogen-bond donors (Lipinski definition) is 1. The van der Waals surface area contributed by atoms with Gasteiger partial charge < -0.3 is 9.63 Å². The lowest BCUT2D eigenvalue weighted by Crippen LogP contribution is -1.84. The Bertz CT molecular complexity index is 521. The Morgan fingerprint density at radius 3 is 2.94 bits per heavy atom. The molecule has 0 aliphatic heterocycles. The predicted molar refractivity (Wildman–Crippen MR) is 57.9 cm³/mol. The molecule has 4 heteroatoms. The molecule has 4 nitrogen and oxygen atoms in total. The molecule has 0 spiro atoms. The highest BCUT2D eigenvalue weighted by molar-refractivity contribution is 5.55. The van der Waals surface area contributed by atoms with E-state index in [9.17, 15) is 5.11 Å². The van der Waals surface area contributed by atoms with E-state index in [0.717, 1.165) is 17.8 Å². The van der Waals surface area contributed by atoms with Gasteiger partial charge in [-0.25, -0.2) is 0 Å². The van der Waals surface area contributed by atoms with Crippen LogP contribution in [0.3, 0.4) is 0 Å². The van der Waals surface area contributed by atoms with Crippen molar-refractivity contribution in [3.05, 3.63) is 30.1 Å². The third-order valence-electron chi connectivity index (χ3n) is 2.98. The molecule has 0 bridgehead atoms. The van der Waals surface area contributed by atoms with Gasteiger partial charge in [-0.15, -0.1) is 0 Å². The summed E-state index contributed by atoms with van der Waals surface area (Å²) in [5, 5.41) is 13.3. The van der Waals surface area contributed by atoms with Gasteiger partial charge in [-0.1, -0.05) is 18.1 Å². The molecule has 1 heterocycles. The molecule has 0 amide bonds. The summed E-state index contributed by atoms with van der Waals surface area (Å²) in [6.45, 7) is 2.18. The molecular weight excluding hydrogens is 204 g/mol. The lowest BCUT2D eigenvalue weighted by Gasteiger charge is -1.94. The van der Waals surface area contributed by atoms with Gasteiger partial charge in [0, 0.05) is 11.5 Å². The van der Waals surface area contributed by atoms with E-state index < -0.39 is 0 Å². The number of hydrogen-bond acceptors (Lipinski definition) is 4. The van der Waals surface area contributed by atoms with Gasteiger partial charge in [0.25, 0.3) is 5.89 Å². The molecule has 1 saturated carbocycles. The van der Waals surface area contributed by atoms with E-state index in [4.69, 9.17) is 4.52 Å². The zero-order valence-electron chi connectivity index (χ0n) is 8.92. The molecule has 16 heavy (non-hydrogen) atoms. The van der Waals surface area contributed by atoms with Crippen LogP contribution in [0.2, 0.25) is 0 Å². The summed E-state index contributed by atoms with van der Waals surface area (Å²) in [5.74, 6) is 2.58. The Morgan fingerprint density at radius 2 is 2.25 bits per heavy atom. The summed E-state index contributed by atoms with van der Waals surface area (Å²) in [4.78, 5) is 4.35. The first-order chi connectivity index (χ1) is 7.74. The second-order valence-corrected chi connectivity index (χ2v) is 4.33. The fourth-order valence-electron chi connectivity index (χ4n) is 1.82. The summed E-state index contributed by atoms with van der Waals surface area (Å²) in [6.07, 6.45) is 1.14. The van der Waals surface area contributed by atoms with Crippen LogP contribution in [0, 0.1) is 5.92 Å². The molecule has 3 rings (SSSR count). The molecular formula is C12H12N2O2. The van der Waals surface area contributed by atoms with Crippen molar-refractivity contribution < 1.29 is 9.63 Å². The molecule has 1 aromatic carbocycles. The minimum absolute atomic E-state index is 0.206. The molecule has 0 saturated heterocycles. The topological polar surface area (TPSA) is 59.2 Å². The van der Waals surface area contributed by atoms with Gasteiger partial charge in [0.05, 0.1) is 0 Å². The SMILES string of the molecule is CC1CC1c1noc(-c2cccc(O)c2)n1. The average Bonchev–Trinajstić information content (AvgIpc) is 2.81. The number of nitrogens with zero attached hydrogens (tertiary/aromatic N) is 2. The maximum Gasteiger partial charge on any atom is 0.258 e. The highest BCUT2D eigenvalue weighted by Gasteiger charge is 2.38. The summed E-state index contributed by atoms with van der Waals surface area (Å²) in [6, 6.07) is 6.83. The van der Waals surface area contributed by atoms with Crippen LogP contribution in [0.5, 0.6) is 5.75 Å². The van der Waals surface area contributed by atoms with Gasteiger partial charge in [-0.05, 0) is 30.5 Å². The van der Waals surface area contributed by atoms with Gasteiger partial charge >= 0.3 is 0 Å². The van der Waals surface area contributed by atoms with Gasteiger partial charge in [0.2, 0.25) is 0 Å². The molecule has 1 aliphatic rings. The Hall–Kier alpha value is -1.84. The number of benzene rings is 1. The first-order valence-corrected chi connectivity index (χ1v) is 5.37. The van der Waals surface area contributed by atoms with Crippen molar-refractivity contribution in [1.82, 2.24) is 10.1 Å². The largest absolute Gasteiger partial charge is 0.508 e. The Balaban J connectivity index is 1.92. The highest BCUT2D eigenvalue weighted by atomic mass is 16.5. The van der Waals surface area contributed by atoms with E-state index in [2.05, 4.69) is 17.1 Å². The van der Waals surface area contributed by atoms with Crippen LogP contribution in [0.15, 0.2) is 28.8 Å². The molecule has 1 N–H and O–H groups in total. The highest BCUT2D eigenvalue weighted by Crippen LogP contribution is 2.45. The Morgan fingerprint density at radius 1 is 1.44 bits per heavy atom. The zero-order chi connectivity index (χ0) is 11.1. The van der Waals surface area contributed by atoms with Crippen LogP contribution in [-0.2, 0) is 0 Å². The van der Waals surface area contributed by atoms with E-state index >= 15 is 0 Å². The molecule has 0 radical (unpaired) electrons. The molecule has 1 aliphatic carbocycles. The van der Waals surface area contributed by atoms with Crippen molar-refractivity contribution in [3.63, 3.8) is 0 Å². The van der Waals surface area contributed by atoms with E-state index in [0.29, 0.717) is 17.7 Å². The smallest absolute Gasteiger partial charge is 0.258 e. The molecule has 2 atom stereocenters. The number of aromatic nitrogens is 2. The normalized spacial score (nSPS) is 23.3. The second kappa shape index (κ2) is 3.33. The van der Waals surface area contributed by atoms with E-state index in [-0.39, 0.29) is 5.75 Å². The van der Waals surface area contributed by atoms with Crippen LogP contribution >= 0.6 is 0 Å². The van der Waals surface area contributed by atoms with Crippen LogP contribution < -0.4 is 0 Å². The molecule has 1 fully saturated rings. The fraction of sp³-hybridized carbons (Fsp3) is 0.333. The molecule has 1 aromatic heterocycles. The minimum atomic E-state index is 0.206. The summed E-state index contributed by atoms with van der Waals surface area (Å²) in [7, 11) is 0.